The molecule has 0 saturated carbocycles. The van der Waals surface area contributed by atoms with Crippen molar-refractivity contribution in [3.8, 4) is 5.75 Å². The van der Waals surface area contributed by atoms with Crippen LogP contribution in [0.5, 0.6) is 5.75 Å². The summed E-state index contributed by atoms with van der Waals surface area (Å²) in [6, 6.07) is 5.85. The van der Waals surface area contributed by atoms with Crippen LogP contribution in [-0.2, 0) is 21.2 Å². The van der Waals surface area contributed by atoms with Gasteiger partial charge in [0.15, 0.2) is 0 Å². The molecule has 7 nitrogen and oxygen atoms in total. The summed E-state index contributed by atoms with van der Waals surface area (Å²) in [4.78, 5) is 14.0. The van der Waals surface area contributed by atoms with Gasteiger partial charge in [0.2, 0.25) is 15.9 Å². The molecule has 0 bridgehead atoms. The van der Waals surface area contributed by atoms with Gasteiger partial charge >= 0.3 is 0 Å². The van der Waals surface area contributed by atoms with Crippen LogP contribution in [-0.4, -0.2) is 74.8 Å². The van der Waals surface area contributed by atoms with E-state index >= 15 is 0 Å². The second kappa shape index (κ2) is 8.37. The number of carbonyl (C=O) groups excluding carboxylic acids is 1. The summed E-state index contributed by atoms with van der Waals surface area (Å²) in [7, 11) is 1.14. The van der Waals surface area contributed by atoms with Crippen LogP contribution in [0.15, 0.2) is 18.2 Å². The van der Waals surface area contributed by atoms with Gasteiger partial charge in [-0.15, -0.1) is 0 Å². The molecular formula is C18H28N2O5S. The molecule has 1 amide bonds. The Morgan fingerprint density at radius 2 is 2.04 bits per heavy atom. The van der Waals surface area contributed by atoms with Gasteiger partial charge in [-0.1, -0.05) is 12.1 Å². The number of sulfonamides is 1. The molecule has 0 aromatic heterocycles. The van der Waals surface area contributed by atoms with Crippen LogP contribution < -0.4 is 4.74 Å². The number of nitrogens with zero attached hydrogens (tertiary/aromatic N) is 2. The molecular weight excluding hydrogens is 356 g/mol. The maximum absolute atomic E-state index is 12.5. The highest BCUT2D eigenvalue weighted by Gasteiger charge is 2.37. The topological polar surface area (TPSA) is 87.2 Å². The van der Waals surface area contributed by atoms with E-state index in [1.165, 1.54) is 14.1 Å². The number of rotatable bonds is 7. The zero-order valence-electron chi connectivity index (χ0n) is 15.8. The fourth-order valence-corrected chi connectivity index (χ4v) is 4.24. The SMILES string of the molecule is COc1cc(CCC(=O)N2C[C@@H](CS(=O)(=O)N(C)C)[C@H](O)C2)ccc1C. The molecule has 1 aromatic carbocycles. The number of benzene rings is 1. The van der Waals surface area contributed by atoms with E-state index in [4.69, 9.17) is 4.74 Å². The molecule has 0 spiro atoms. The predicted octanol–water partition coefficient (Wildman–Crippen LogP) is 0.647. The van der Waals surface area contributed by atoms with Crippen molar-refractivity contribution < 1.29 is 23.1 Å². The minimum absolute atomic E-state index is 0.0756. The van der Waals surface area contributed by atoms with Gasteiger partial charge < -0.3 is 14.7 Å². The van der Waals surface area contributed by atoms with Gasteiger partial charge in [0.1, 0.15) is 5.75 Å². The van der Waals surface area contributed by atoms with Crippen molar-refractivity contribution in [3.05, 3.63) is 29.3 Å². The summed E-state index contributed by atoms with van der Waals surface area (Å²) in [5.74, 6) is 0.111. The second-order valence-electron chi connectivity index (χ2n) is 6.99. The summed E-state index contributed by atoms with van der Waals surface area (Å²) < 4.78 is 30.5. The molecule has 1 saturated heterocycles. The van der Waals surface area contributed by atoms with Crippen molar-refractivity contribution in [1.29, 1.82) is 0 Å². The maximum atomic E-state index is 12.5. The first-order valence-electron chi connectivity index (χ1n) is 8.63. The van der Waals surface area contributed by atoms with E-state index in [0.717, 1.165) is 21.2 Å². The van der Waals surface area contributed by atoms with Crippen LogP contribution in [0.1, 0.15) is 17.5 Å². The molecule has 1 aromatic rings. The Kier molecular flexibility index (Phi) is 6.65. The van der Waals surface area contributed by atoms with Crippen LogP contribution in [0.3, 0.4) is 0 Å². The summed E-state index contributed by atoms with van der Waals surface area (Å²) in [6.07, 6.45) is 0.0718. The number of β-amino-alcohol motifs (C(OH)–C–C–N with tert-alkyl or cyclic N) is 1. The van der Waals surface area contributed by atoms with Crippen molar-refractivity contribution >= 4 is 15.9 Å². The summed E-state index contributed by atoms with van der Waals surface area (Å²) in [6.45, 7) is 2.41. The third-order valence-electron chi connectivity index (χ3n) is 4.84. The van der Waals surface area contributed by atoms with E-state index in [9.17, 15) is 18.3 Å². The zero-order valence-corrected chi connectivity index (χ0v) is 16.6. The smallest absolute Gasteiger partial charge is 0.223 e. The lowest BCUT2D eigenvalue weighted by Crippen LogP contribution is -2.33. The van der Waals surface area contributed by atoms with Crippen molar-refractivity contribution in [2.45, 2.75) is 25.9 Å². The molecule has 1 N–H and O–H groups in total. The zero-order chi connectivity index (χ0) is 19.5. The Labute approximate surface area is 155 Å². The highest BCUT2D eigenvalue weighted by Crippen LogP contribution is 2.23. The minimum Gasteiger partial charge on any atom is -0.496 e. The number of aliphatic hydroxyl groups excluding tert-OH is 1. The van der Waals surface area contributed by atoms with Crippen LogP contribution in [0.2, 0.25) is 0 Å². The fourth-order valence-electron chi connectivity index (χ4n) is 3.07. The predicted molar refractivity (Wildman–Crippen MR) is 99.6 cm³/mol. The van der Waals surface area contributed by atoms with Gasteiger partial charge in [-0.3, -0.25) is 4.79 Å². The van der Waals surface area contributed by atoms with Gasteiger partial charge in [0.05, 0.1) is 19.0 Å². The quantitative estimate of drug-likeness (QED) is 0.746. The highest BCUT2D eigenvalue weighted by molar-refractivity contribution is 7.89. The third-order valence-corrected chi connectivity index (χ3v) is 6.80. The Hall–Kier alpha value is -1.64. The molecule has 146 valence electrons. The van der Waals surface area contributed by atoms with E-state index in [2.05, 4.69) is 0 Å². The van der Waals surface area contributed by atoms with Crippen LogP contribution in [0, 0.1) is 12.8 Å². The molecule has 8 heteroatoms. The largest absolute Gasteiger partial charge is 0.496 e. The number of likely N-dealkylation sites (tertiary alicyclic amines) is 1. The number of methoxy groups -OCH3 is 1. The van der Waals surface area contributed by atoms with E-state index < -0.39 is 22.0 Å². The normalized spacial score (nSPS) is 20.6. The van der Waals surface area contributed by atoms with E-state index in [1.807, 2.05) is 25.1 Å². The van der Waals surface area contributed by atoms with Crippen molar-refractivity contribution in [3.63, 3.8) is 0 Å². The molecule has 0 aliphatic carbocycles. The van der Waals surface area contributed by atoms with Crippen LogP contribution >= 0.6 is 0 Å². The van der Waals surface area contributed by atoms with Gasteiger partial charge in [0.25, 0.3) is 0 Å². The summed E-state index contributed by atoms with van der Waals surface area (Å²) in [5, 5.41) is 10.1. The van der Waals surface area contributed by atoms with E-state index in [1.54, 1.807) is 12.0 Å². The average Bonchev–Trinajstić information content (AvgIpc) is 2.94. The Morgan fingerprint density at radius 3 is 2.65 bits per heavy atom. The molecule has 0 unspecified atom stereocenters. The lowest BCUT2D eigenvalue weighted by molar-refractivity contribution is -0.130. The number of carbonyl (C=O) groups is 1. The maximum Gasteiger partial charge on any atom is 0.223 e. The van der Waals surface area contributed by atoms with Crippen molar-refractivity contribution in [2.75, 3.05) is 40.0 Å². The van der Waals surface area contributed by atoms with Gasteiger partial charge in [-0.2, -0.15) is 0 Å². The molecule has 1 aliphatic rings. The molecule has 1 aliphatic heterocycles. The van der Waals surface area contributed by atoms with E-state index in [0.29, 0.717) is 12.8 Å². The molecule has 2 rings (SSSR count). The first-order chi connectivity index (χ1) is 12.1. The third kappa shape index (κ3) is 4.96. The first-order valence-corrected chi connectivity index (χ1v) is 10.2. The lowest BCUT2D eigenvalue weighted by atomic mass is 10.1. The van der Waals surface area contributed by atoms with E-state index in [-0.39, 0.29) is 24.7 Å². The number of aryl methyl sites for hydroxylation is 2. The van der Waals surface area contributed by atoms with Gasteiger partial charge in [-0.05, 0) is 30.5 Å². The number of ether oxygens (including phenoxy) is 1. The minimum atomic E-state index is -3.41. The molecule has 26 heavy (non-hydrogen) atoms. The number of aliphatic hydroxyl groups is 1. The summed E-state index contributed by atoms with van der Waals surface area (Å²) >= 11 is 0. The highest BCUT2D eigenvalue weighted by atomic mass is 32.2. The van der Waals surface area contributed by atoms with Crippen molar-refractivity contribution in [2.24, 2.45) is 5.92 Å². The standard InChI is InChI=1S/C18H28N2O5S/c1-13-5-6-14(9-17(13)25-4)7-8-18(22)20-10-15(16(21)11-20)12-26(23,24)19(2)3/h5-6,9,15-16,21H,7-8,10-12H2,1-4H3/t15-,16+/m0/s1. The second-order valence-corrected chi connectivity index (χ2v) is 9.22. The first kappa shape index (κ1) is 20.7. The molecule has 1 fully saturated rings. The number of amides is 1. The Balaban J connectivity index is 1.92. The Bertz CT molecular complexity index is 748. The molecule has 1 heterocycles. The van der Waals surface area contributed by atoms with Crippen molar-refractivity contribution in [1.82, 2.24) is 9.21 Å². The monoisotopic (exact) mass is 384 g/mol. The number of hydrogen-bond acceptors (Lipinski definition) is 5. The summed E-state index contributed by atoms with van der Waals surface area (Å²) in [5.41, 5.74) is 2.04. The molecule has 2 atom stereocenters. The fraction of sp³-hybridized carbons (Fsp3) is 0.611. The van der Waals surface area contributed by atoms with Crippen LogP contribution in [0.25, 0.3) is 0 Å². The van der Waals surface area contributed by atoms with Gasteiger partial charge in [0, 0.05) is 39.5 Å². The van der Waals surface area contributed by atoms with Crippen LogP contribution in [0.4, 0.5) is 0 Å². The molecule has 0 radical (unpaired) electrons. The van der Waals surface area contributed by atoms with Gasteiger partial charge in [-0.25, -0.2) is 12.7 Å². The average molecular weight is 384 g/mol. The lowest BCUT2D eigenvalue weighted by Gasteiger charge is -2.18. The Morgan fingerprint density at radius 1 is 1.35 bits per heavy atom. The number of hydrogen-bond donors (Lipinski definition) is 1.